The third kappa shape index (κ3) is 5.16. The van der Waals surface area contributed by atoms with E-state index in [1.54, 1.807) is 11.0 Å². The topological polar surface area (TPSA) is 23.6 Å². The fraction of sp³-hybridized carbons (Fsp3) is 0.409. The lowest BCUT2D eigenvalue weighted by atomic mass is 9.99. The Balaban J connectivity index is 1.80. The molecule has 162 valence electrons. The molecule has 0 bridgehead atoms. The Labute approximate surface area is 178 Å². The van der Waals surface area contributed by atoms with Crippen LogP contribution >= 0.6 is 11.9 Å². The minimum Gasteiger partial charge on any atom is -0.338 e. The van der Waals surface area contributed by atoms with Crippen LogP contribution in [0.15, 0.2) is 47.4 Å². The Kier molecular flexibility index (Phi) is 6.77. The molecule has 0 fully saturated rings. The Morgan fingerprint density at radius 3 is 2.37 bits per heavy atom. The van der Waals surface area contributed by atoms with Gasteiger partial charge >= 0.3 is 6.18 Å². The molecule has 1 aliphatic heterocycles. The molecule has 1 unspecified atom stereocenters. The Bertz CT molecular complexity index is 899. The third-order valence-electron chi connectivity index (χ3n) is 5.10. The third-order valence-corrected chi connectivity index (χ3v) is 6.07. The van der Waals surface area contributed by atoms with E-state index in [1.807, 2.05) is 26.0 Å². The number of fused-ring (bicyclic) bond motifs is 1. The van der Waals surface area contributed by atoms with Gasteiger partial charge in [0.25, 0.3) is 0 Å². The minimum absolute atomic E-state index is 0.0226. The number of carbonyl (C=O) groups excluding carboxylic acids is 1. The summed E-state index contributed by atoms with van der Waals surface area (Å²) < 4.78 is 55.6. The van der Waals surface area contributed by atoms with Crippen molar-refractivity contribution in [2.75, 3.05) is 13.6 Å². The molecule has 1 amide bonds. The number of amides is 1. The smallest absolute Gasteiger partial charge is 0.338 e. The van der Waals surface area contributed by atoms with Gasteiger partial charge in [-0.25, -0.2) is 8.70 Å². The first-order valence-electron chi connectivity index (χ1n) is 9.70. The summed E-state index contributed by atoms with van der Waals surface area (Å²) >= 11 is 0.982. The van der Waals surface area contributed by atoms with E-state index in [-0.39, 0.29) is 17.4 Å². The van der Waals surface area contributed by atoms with Gasteiger partial charge < -0.3 is 4.90 Å². The van der Waals surface area contributed by atoms with Crippen molar-refractivity contribution in [2.45, 2.75) is 43.9 Å². The van der Waals surface area contributed by atoms with Crippen LogP contribution in [0.25, 0.3) is 0 Å². The molecule has 1 heterocycles. The Morgan fingerprint density at radius 1 is 1.10 bits per heavy atom. The molecule has 2 aromatic carbocycles. The van der Waals surface area contributed by atoms with Crippen molar-refractivity contribution in [3.05, 3.63) is 65.0 Å². The summed E-state index contributed by atoms with van der Waals surface area (Å²) in [5.74, 6) is -0.604. The molecule has 1 atom stereocenters. The molecule has 0 saturated heterocycles. The van der Waals surface area contributed by atoms with E-state index in [0.717, 1.165) is 58.1 Å². The number of hydrogen-bond donors (Lipinski definition) is 0. The van der Waals surface area contributed by atoms with Gasteiger partial charge in [0.1, 0.15) is 11.9 Å². The van der Waals surface area contributed by atoms with Crippen molar-refractivity contribution in [1.82, 2.24) is 9.21 Å². The molecular formula is C22H24F4N2OS. The highest BCUT2D eigenvalue weighted by Crippen LogP contribution is 2.42. The SMILES string of the molecule is CC(C)C(=O)N1CCc2ccc(SN(C)C(c3ccc(F)cc3)C(F)(F)F)cc2C1. The second-order valence-electron chi connectivity index (χ2n) is 7.73. The van der Waals surface area contributed by atoms with E-state index >= 15 is 0 Å². The van der Waals surface area contributed by atoms with Crippen LogP contribution in [0.5, 0.6) is 0 Å². The Hall–Kier alpha value is -2.06. The van der Waals surface area contributed by atoms with Crippen LogP contribution in [-0.2, 0) is 17.8 Å². The van der Waals surface area contributed by atoms with Gasteiger partial charge in [-0.15, -0.1) is 0 Å². The molecule has 30 heavy (non-hydrogen) atoms. The first-order valence-corrected chi connectivity index (χ1v) is 10.5. The number of alkyl halides is 3. The molecule has 1 aliphatic rings. The van der Waals surface area contributed by atoms with Gasteiger partial charge in [-0.1, -0.05) is 32.0 Å². The van der Waals surface area contributed by atoms with Gasteiger partial charge in [-0.3, -0.25) is 4.79 Å². The summed E-state index contributed by atoms with van der Waals surface area (Å²) in [7, 11) is 1.38. The summed E-state index contributed by atoms with van der Waals surface area (Å²) in [6, 6.07) is 8.09. The number of nitrogens with zero attached hydrogens (tertiary/aromatic N) is 2. The van der Waals surface area contributed by atoms with Crippen LogP contribution in [0.3, 0.4) is 0 Å². The van der Waals surface area contributed by atoms with Crippen LogP contribution in [-0.4, -0.2) is 34.9 Å². The first kappa shape index (κ1) is 22.6. The lowest BCUT2D eigenvalue weighted by Crippen LogP contribution is -2.38. The molecule has 0 aliphatic carbocycles. The highest BCUT2D eigenvalue weighted by Gasteiger charge is 2.44. The van der Waals surface area contributed by atoms with Gasteiger partial charge in [0.15, 0.2) is 0 Å². The van der Waals surface area contributed by atoms with E-state index in [1.165, 1.54) is 7.05 Å². The Morgan fingerprint density at radius 2 is 1.77 bits per heavy atom. The molecule has 8 heteroatoms. The molecule has 0 aromatic heterocycles. The van der Waals surface area contributed by atoms with E-state index in [2.05, 4.69) is 0 Å². The van der Waals surface area contributed by atoms with Crippen molar-refractivity contribution in [3.63, 3.8) is 0 Å². The average Bonchev–Trinajstić information content (AvgIpc) is 2.67. The lowest BCUT2D eigenvalue weighted by molar-refractivity contribution is -0.169. The van der Waals surface area contributed by atoms with Crippen molar-refractivity contribution in [1.29, 1.82) is 0 Å². The maximum absolute atomic E-state index is 13.8. The second-order valence-corrected chi connectivity index (χ2v) is 8.96. The molecule has 3 nitrogen and oxygen atoms in total. The molecule has 3 rings (SSSR count). The van der Waals surface area contributed by atoms with E-state index in [9.17, 15) is 22.4 Å². The zero-order chi connectivity index (χ0) is 22.1. The maximum atomic E-state index is 13.8. The number of hydrogen-bond acceptors (Lipinski definition) is 3. The molecule has 0 spiro atoms. The zero-order valence-corrected chi connectivity index (χ0v) is 17.9. The molecular weight excluding hydrogens is 416 g/mol. The normalized spacial score (nSPS) is 15.4. The van der Waals surface area contributed by atoms with Crippen molar-refractivity contribution in [3.8, 4) is 0 Å². The summed E-state index contributed by atoms with van der Waals surface area (Å²) in [5, 5.41) is 0. The molecule has 0 radical (unpaired) electrons. The van der Waals surface area contributed by atoms with Crippen LogP contribution in [0, 0.1) is 11.7 Å². The van der Waals surface area contributed by atoms with E-state index in [0.29, 0.717) is 18.0 Å². The summed E-state index contributed by atoms with van der Waals surface area (Å²) in [6.45, 7) is 4.82. The van der Waals surface area contributed by atoms with Crippen molar-refractivity contribution in [2.24, 2.45) is 5.92 Å². The van der Waals surface area contributed by atoms with E-state index < -0.39 is 18.0 Å². The fourth-order valence-electron chi connectivity index (χ4n) is 3.61. The minimum atomic E-state index is -4.52. The lowest BCUT2D eigenvalue weighted by Gasteiger charge is -2.31. The van der Waals surface area contributed by atoms with Crippen molar-refractivity contribution < 1.29 is 22.4 Å². The van der Waals surface area contributed by atoms with Gasteiger partial charge in [0, 0.05) is 23.9 Å². The largest absolute Gasteiger partial charge is 0.408 e. The fourth-order valence-corrected chi connectivity index (χ4v) is 4.62. The second kappa shape index (κ2) is 8.98. The molecule has 2 aromatic rings. The standard InChI is InChI=1S/C22H24F4N2OS/c1-14(2)21(29)28-11-10-15-6-9-19(12-17(15)13-28)30-27(3)20(22(24,25)26)16-4-7-18(23)8-5-16/h4-9,12,14,20H,10-11,13H2,1-3H3. The number of benzene rings is 2. The summed E-state index contributed by atoms with van der Waals surface area (Å²) in [4.78, 5) is 14.8. The highest BCUT2D eigenvalue weighted by atomic mass is 32.2. The molecule has 0 saturated carbocycles. The van der Waals surface area contributed by atoms with Gasteiger partial charge in [0.2, 0.25) is 5.91 Å². The number of rotatable bonds is 5. The zero-order valence-electron chi connectivity index (χ0n) is 17.0. The van der Waals surface area contributed by atoms with Crippen LogP contribution in [0.4, 0.5) is 17.6 Å². The average molecular weight is 441 g/mol. The monoisotopic (exact) mass is 440 g/mol. The molecule has 0 N–H and O–H groups in total. The van der Waals surface area contributed by atoms with Gasteiger partial charge in [-0.05, 0) is 66.4 Å². The predicted octanol–water partition coefficient (Wildman–Crippen LogP) is 5.61. The van der Waals surface area contributed by atoms with Crippen molar-refractivity contribution >= 4 is 17.9 Å². The summed E-state index contributed by atoms with van der Waals surface area (Å²) in [6.07, 6.45) is -3.79. The van der Waals surface area contributed by atoms with Gasteiger partial charge in [-0.2, -0.15) is 13.2 Å². The highest BCUT2D eigenvalue weighted by molar-refractivity contribution is 7.97. The van der Waals surface area contributed by atoms with Gasteiger partial charge in [0.05, 0.1) is 0 Å². The maximum Gasteiger partial charge on any atom is 0.408 e. The van der Waals surface area contributed by atoms with E-state index in [4.69, 9.17) is 0 Å². The number of halogens is 4. The quantitative estimate of drug-likeness (QED) is 0.446. The summed E-state index contributed by atoms with van der Waals surface area (Å²) in [5.41, 5.74) is 2.05. The first-order chi connectivity index (χ1) is 14.1. The van der Waals surface area contributed by atoms with Crippen LogP contribution in [0.1, 0.15) is 36.6 Å². The predicted molar refractivity (Wildman–Crippen MR) is 109 cm³/mol. The van der Waals surface area contributed by atoms with Crippen LogP contribution < -0.4 is 0 Å². The number of carbonyl (C=O) groups is 1. The van der Waals surface area contributed by atoms with Crippen LogP contribution in [0.2, 0.25) is 0 Å².